The van der Waals surface area contributed by atoms with Gasteiger partial charge in [-0.2, -0.15) is 0 Å². The normalized spacial score (nSPS) is 27.4. The van der Waals surface area contributed by atoms with Crippen molar-refractivity contribution in [3.05, 3.63) is 0 Å². The first kappa shape index (κ1) is 9.93. The highest BCUT2D eigenvalue weighted by molar-refractivity contribution is 5.77. The second-order valence-corrected chi connectivity index (χ2v) is 3.81. The van der Waals surface area contributed by atoms with Crippen molar-refractivity contribution in [3.63, 3.8) is 0 Å². The number of ether oxygens (including phenoxy) is 1. The Hall–Kier alpha value is -1.26. The van der Waals surface area contributed by atoms with Gasteiger partial charge < -0.3 is 15.4 Å². The molecule has 0 saturated carbocycles. The lowest BCUT2D eigenvalue weighted by Crippen LogP contribution is -2.30. The minimum absolute atomic E-state index is 0.0704. The van der Waals surface area contributed by atoms with E-state index in [4.69, 9.17) is 2.74 Å². The predicted molar refractivity (Wildman–Crippen MR) is 60.0 cm³/mol. The van der Waals surface area contributed by atoms with E-state index in [0.29, 0.717) is 19.3 Å². The summed E-state index contributed by atoms with van der Waals surface area (Å²) in [6.07, 6.45) is 1.93. The molecule has 3 atom stereocenters. The van der Waals surface area contributed by atoms with Crippen LogP contribution in [0.3, 0.4) is 0 Å². The van der Waals surface area contributed by atoms with Gasteiger partial charge in [0.2, 0.25) is 0 Å². The molecule has 0 aromatic rings. The van der Waals surface area contributed by atoms with E-state index in [9.17, 15) is 9.59 Å². The van der Waals surface area contributed by atoms with Gasteiger partial charge in [-0.25, -0.2) is 4.79 Å². The van der Waals surface area contributed by atoms with Gasteiger partial charge in [0.05, 0.1) is 13.2 Å². The number of carbonyl (C=O) groups is 2. The predicted octanol–water partition coefficient (Wildman–Crippen LogP) is 1.18. The summed E-state index contributed by atoms with van der Waals surface area (Å²) in [6, 6.07) is -0.905. The second kappa shape index (κ2) is 6.35. The van der Waals surface area contributed by atoms with Crippen molar-refractivity contribution in [2.45, 2.75) is 51.1 Å². The topological polar surface area (TPSA) is 67.4 Å². The molecule has 0 radical (unpaired) electrons. The van der Waals surface area contributed by atoms with Crippen molar-refractivity contribution in [1.29, 1.82) is 0 Å². The van der Waals surface area contributed by atoms with Gasteiger partial charge >= 0.3 is 12.0 Å². The number of esters is 1. The smallest absolute Gasteiger partial charge is 0.315 e. The Morgan fingerprint density at radius 2 is 2.31 bits per heavy atom. The van der Waals surface area contributed by atoms with E-state index in [-0.39, 0.29) is 31.0 Å². The molecule has 0 unspecified atom stereocenters. The summed E-state index contributed by atoms with van der Waals surface area (Å²) in [6.45, 7) is 0.0704. The summed E-state index contributed by atoms with van der Waals surface area (Å²) in [5, 5.41) is 5.29. The molecule has 0 aromatic carbocycles. The van der Waals surface area contributed by atoms with E-state index in [1.807, 2.05) is 0 Å². The van der Waals surface area contributed by atoms with Crippen LogP contribution in [0.4, 0.5) is 4.79 Å². The molecule has 0 aromatic heterocycles. The number of amides is 2. The third kappa shape index (κ3) is 4.08. The van der Waals surface area contributed by atoms with Crippen molar-refractivity contribution in [1.82, 2.24) is 10.6 Å². The number of rotatable bonds is 6. The first-order valence-electron chi connectivity index (χ1n) is 6.72. The van der Waals surface area contributed by atoms with Crippen molar-refractivity contribution in [3.8, 4) is 0 Å². The zero-order valence-corrected chi connectivity index (χ0v) is 9.49. The van der Waals surface area contributed by atoms with Crippen LogP contribution in [0.5, 0.6) is 0 Å². The van der Waals surface area contributed by atoms with E-state index in [2.05, 4.69) is 15.4 Å². The number of nitrogens with one attached hydrogen (secondary N) is 2. The quantitative estimate of drug-likeness (QED) is 0.532. The Labute approximate surface area is 98.7 Å². The van der Waals surface area contributed by atoms with Crippen molar-refractivity contribution in [2.24, 2.45) is 0 Å². The van der Waals surface area contributed by atoms with Crippen molar-refractivity contribution >= 4 is 12.0 Å². The van der Waals surface area contributed by atoms with Crippen LogP contribution < -0.4 is 10.6 Å². The number of urea groups is 1. The minimum Gasteiger partial charge on any atom is -0.469 e. The highest BCUT2D eigenvalue weighted by Gasteiger charge is 2.26. The standard InChI is InChI=1S/C11H20N2O3/c1-8-9(13-11(15)12-8)6-4-3-5-7-10(14)16-2/h8-9H,3-7H2,1-2H3,(H2,12,13,15)/t8-,9+/m0/s1/i1D,6D/t6-,8-,9+. The van der Waals surface area contributed by atoms with E-state index in [1.54, 1.807) is 0 Å². The molecule has 92 valence electrons. The van der Waals surface area contributed by atoms with Crippen LogP contribution in [-0.2, 0) is 9.53 Å². The molecule has 16 heavy (non-hydrogen) atoms. The van der Waals surface area contributed by atoms with Gasteiger partial charge in [0.15, 0.2) is 0 Å². The number of hydrogen-bond donors (Lipinski definition) is 2. The third-order valence-electron chi connectivity index (χ3n) is 2.53. The molecule has 2 N–H and O–H groups in total. The molecule has 5 heteroatoms. The van der Waals surface area contributed by atoms with Crippen LogP contribution in [0.1, 0.15) is 41.7 Å². The largest absolute Gasteiger partial charge is 0.469 e. The highest BCUT2D eigenvalue weighted by atomic mass is 16.5. The van der Waals surface area contributed by atoms with Crippen molar-refractivity contribution in [2.75, 3.05) is 7.11 Å². The molecule has 1 aliphatic heterocycles. The molecule has 0 aliphatic carbocycles. The molecule has 0 bridgehead atoms. The van der Waals surface area contributed by atoms with Gasteiger partial charge in [0, 0.05) is 15.2 Å². The second-order valence-electron chi connectivity index (χ2n) is 3.81. The number of unbranched alkanes of at least 4 members (excludes halogenated alkanes) is 1. The minimum atomic E-state index is -0.447. The summed E-state index contributed by atoms with van der Waals surface area (Å²) >= 11 is 0. The molecule has 1 aliphatic rings. The Morgan fingerprint density at radius 1 is 1.50 bits per heavy atom. The van der Waals surface area contributed by atoms with Gasteiger partial charge in [-0.3, -0.25) is 4.79 Å². The Balaban J connectivity index is 2.25. The van der Waals surface area contributed by atoms with Crippen LogP contribution in [0.25, 0.3) is 0 Å². The fraction of sp³-hybridized carbons (Fsp3) is 0.818. The maximum atomic E-state index is 11.1. The SMILES string of the molecule is [2H]C[C@@H]1NC(=O)N[C@@H]1[C@@H]([2H])CCCCC(=O)OC. The van der Waals surface area contributed by atoms with Gasteiger partial charge in [-0.15, -0.1) is 0 Å². The van der Waals surface area contributed by atoms with Crippen molar-refractivity contribution < 1.29 is 17.1 Å². The van der Waals surface area contributed by atoms with E-state index >= 15 is 0 Å². The maximum Gasteiger partial charge on any atom is 0.315 e. The number of carbonyl (C=O) groups excluding carboxylic acids is 2. The Kier molecular flexibility index (Phi) is 3.94. The molecule has 0 spiro atoms. The van der Waals surface area contributed by atoms with E-state index < -0.39 is 6.40 Å². The number of methoxy groups -OCH3 is 1. The summed E-state index contributed by atoms with van der Waals surface area (Å²) in [4.78, 5) is 22.0. The van der Waals surface area contributed by atoms with Crippen LogP contribution in [0, 0.1) is 0 Å². The lowest BCUT2D eigenvalue weighted by atomic mass is 10.0. The van der Waals surface area contributed by atoms with Gasteiger partial charge in [-0.1, -0.05) is 12.8 Å². The van der Waals surface area contributed by atoms with E-state index in [0.717, 1.165) is 6.42 Å². The summed E-state index contributed by atoms with van der Waals surface area (Å²) in [7, 11) is 1.36. The van der Waals surface area contributed by atoms with Gasteiger partial charge in [-0.05, 0) is 19.7 Å². The summed E-state index contributed by atoms with van der Waals surface area (Å²) in [5.74, 6) is -0.239. The lowest BCUT2D eigenvalue weighted by Gasteiger charge is -2.13. The molecule has 1 saturated heterocycles. The van der Waals surface area contributed by atoms with Crippen LogP contribution in [-0.4, -0.2) is 31.2 Å². The van der Waals surface area contributed by atoms with Gasteiger partial charge in [0.1, 0.15) is 0 Å². The molecule has 1 heterocycles. The first-order chi connectivity index (χ1) is 8.58. The average Bonchev–Trinajstić information content (AvgIpc) is 2.75. The Bertz CT molecular complexity index is 302. The van der Waals surface area contributed by atoms with Crippen LogP contribution >= 0.6 is 0 Å². The monoisotopic (exact) mass is 230 g/mol. The Morgan fingerprint density at radius 3 is 3.00 bits per heavy atom. The highest BCUT2D eigenvalue weighted by Crippen LogP contribution is 2.11. The molecular weight excluding hydrogens is 208 g/mol. The zero-order chi connectivity index (χ0) is 13.5. The third-order valence-corrected chi connectivity index (χ3v) is 2.53. The maximum absolute atomic E-state index is 11.1. The fourth-order valence-electron chi connectivity index (χ4n) is 1.59. The lowest BCUT2D eigenvalue weighted by molar-refractivity contribution is -0.140. The molecule has 5 nitrogen and oxygen atoms in total. The summed E-state index contributed by atoms with van der Waals surface area (Å²) in [5.41, 5.74) is 0. The van der Waals surface area contributed by atoms with Crippen LogP contribution in [0.15, 0.2) is 0 Å². The zero-order valence-electron chi connectivity index (χ0n) is 11.5. The molecular formula is C11H20N2O3. The van der Waals surface area contributed by atoms with Crippen LogP contribution in [0.2, 0.25) is 0 Å². The number of hydrogen-bond acceptors (Lipinski definition) is 3. The summed E-state index contributed by atoms with van der Waals surface area (Å²) < 4.78 is 19.8. The van der Waals surface area contributed by atoms with E-state index in [1.165, 1.54) is 7.11 Å². The fourth-order valence-corrected chi connectivity index (χ4v) is 1.59. The molecule has 2 amide bonds. The average molecular weight is 230 g/mol. The molecule has 1 rings (SSSR count). The van der Waals surface area contributed by atoms with Gasteiger partial charge in [0.25, 0.3) is 0 Å². The molecule has 1 fully saturated rings. The first-order valence-corrected chi connectivity index (χ1v) is 5.43.